The quantitative estimate of drug-likeness (QED) is 0.279. The third kappa shape index (κ3) is 9.64. The van der Waals surface area contributed by atoms with E-state index >= 15 is 0 Å². The molecule has 0 amide bonds. The lowest BCUT2D eigenvalue weighted by Gasteiger charge is -2.33. The minimum Gasteiger partial charge on any atom is -0.487 e. The number of rotatable bonds is 10. The van der Waals surface area contributed by atoms with E-state index in [9.17, 15) is 14.7 Å². The van der Waals surface area contributed by atoms with Crippen LogP contribution in [0.25, 0.3) is 16.8 Å². The van der Waals surface area contributed by atoms with E-state index in [0.29, 0.717) is 37.0 Å². The molecule has 0 spiro atoms. The second-order valence-corrected chi connectivity index (χ2v) is 11.8. The number of nitrogens with zero attached hydrogens (tertiary/aromatic N) is 2. The van der Waals surface area contributed by atoms with Crippen molar-refractivity contribution in [3.63, 3.8) is 0 Å². The van der Waals surface area contributed by atoms with Crippen LogP contribution in [0, 0.1) is 0 Å². The highest BCUT2D eigenvalue weighted by atomic mass is 16.5. The maximum atomic E-state index is 10.8. The predicted octanol–water partition coefficient (Wildman–Crippen LogP) is 4.28. The van der Waals surface area contributed by atoms with E-state index in [0.717, 1.165) is 70.1 Å². The topological polar surface area (TPSA) is 129 Å². The molecule has 244 valence electrons. The van der Waals surface area contributed by atoms with Gasteiger partial charge in [-0.05, 0) is 65.9 Å². The Kier molecular flexibility index (Phi) is 11.8. The Labute approximate surface area is 269 Å². The average molecular weight is 631 g/mol. The van der Waals surface area contributed by atoms with Crippen LogP contribution in [0.1, 0.15) is 29.9 Å². The van der Waals surface area contributed by atoms with Crippen molar-refractivity contribution in [1.82, 2.24) is 9.80 Å². The first kappa shape index (κ1) is 33.2. The number of carboxylic acid groups (broad SMARTS) is 2. The van der Waals surface area contributed by atoms with Gasteiger partial charge in [-0.3, -0.25) is 4.90 Å². The summed E-state index contributed by atoms with van der Waals surface area (Å²) >= 11 is 0. The molecule has 1 unspecified atom stereocenters. The molecular formula is C36H42N2O8. The molecule has 0 saturated carbocycles. The number of piperidine rings is 1. The summed E-state index contributed by atoms with van der Waals surface area (Å²) in [6.45, 7) is 7.88. The molecule has 6 rings (SSSR count). The second kappa shape index (κ2) is 16.4. The summed E-state index contributed by atoms with van der Waals surface area (Å²) in [5.74, 6) is -0.446. The van der Waals surface area contributed by atoms with Gasteiger partial charge >= 0.3 is 11.9 Å². The zero-order valence-corrected chi connectivity index (χ0v) is 25.9. The largest absolute Gasteiger partial charge is 0.487 e. The van der Waals surface area contributed by atoms with Crippen molar-refractivity contribution in [1.29, 1.82) is 0 Å². The van der Waals surface area contributed by atoms with Crippen LogP contribution in [0.4, 0.5) is 0 Å². The number of hydrogen-bond acceptors (Lipinski definition) is 8. The summed E-state index contributed by atoms with van der Waals surface area (Å²) in [6, 6.07) is 21.4. The van der Waals surface area contributed by atoms with Gasteiger partial charge < -0.3 is 34.4 Å². The van der Waals surface area contributed by atoms with Crippen LogP contribution in [-0.2, 0) is 14.3 Å². The van der Waals surface area contributed by atoms with Crippen molar-refractivity contribution < 1.29 is 39.1 Å². The van der Waals surface area contributed by atoms with Crippen LogP contribution in [0.2, 0.25) is 0 Å². The van der Waals surface area contributed by atoms with Crippen molar-refractivity contribution in [2.24, 2.45) is 0 Å². The third-order valence-electron chi connectivity index (χ3n) is 8.40. The van der Waals surface area contributed by atoms with Gasteiger partial charge in [0.15, 0.2) is 11.5 Å². The number of ether oxygens (including phenoxy) is 3. The molecule has 10 heteroatoms. The molecule has 0 bridgehead atoms. The monoisotopic (exact) mass is 630 g/mol. The molecule has 3 aromatic rings. The molecule has 3 aromatic carbocycles. The van der Waals surface area contributed by atoms with Crippen LogP contribution >= 0.6 is 0 Å². The first-order chi connectivity index (χ1) is 22.3. The van der Waals surface area contributed by atoms with Crippen LogP contribution in [-0.4, -0.2) is 109 Å². The smallest absolute Gasteiger partial charge is 0.328 e. The molecule has 2 fully saturated rings. The Hall–Kier alpha value is -4.22. The fourth-order valence-electron chi connectivity index (χ4n) is 6.07. The van der Waals surface area contributed by atoms with E-state index in [1.165, 1.54) is 21.9 Å². The maximum Gasteiger partial charge on any atom is 0.328 e. The minimum atomic E-state index is -1.26. The number of aliphatic hydroxyl groups excluding tert-OH is 1. The molecule has 2 saturated heterocycles. The molecule has 3 N–H and O–H groups in total. The number of aliphatic carboxylic acids is 2. The molecule has 3 aliphatic rings. The first-order valence-electron chi connectivity index (χ1n) is 15.8. The van der Waals surface area contributed by atoms with Crippen LogP contribution < -0.4 is 9.47 Å². The summed E-state index contributed by atoms with van der Waals surface area (Å²) in [5.41, 5.74) is 3.74. The van der Waals surface area contributed by atoms with Crippen LogP contribution in [0.15, 0.2) is 78.4 Å². The second-order valence-electron chi connectivity index (χ2n) is 11.8. The molecule has 3 heterocycles. The normalized spacial score (nSPS) is 18.2. The summed E-state index contributed by atoms with van der Waals surface area (Å²) < 4.78 is 17.7. The van der Waals surface area contributed by atoms with Crippen LogP contribution in [0.5, 0.6) is 11.5 Å². The van der Waals surface area contributed by atoms with E-state index in [1.54, 1.807) is 0 Å². The summed E-state index contributed by atoms with van der Waals surface area (Å²) in [5, 5.41) is 29.0. The van der Waals surface area contributed by atoms with E-state index in [2.05, 4.69) is 64.4 Å². The van der Waals surface area contributed by atoms with E-state index < -0.39 is 18.0 Å². The van der Waals surface area contributed by atoms with E-state index in [4.69, 9.17) is 24.4 Å². The number of β-amino-alcohol motifs (C(OH)–C–C–N with tert-alkyl or cyclic N) is 1. The predicted molar refractivity (Wildman–Crippen MR) is 175 cm³/mol. The molecular weight excluding hydrogens is 588 g/mol. The zero-order valence-electron chi connectivity index (χ0n) is 25.9. The summed E-state index contributed by atoms with van der Waals surface area (Å²) in [4.78, 5) is 23.9. The Morgan fingerprint density at radius 3 is 2.33 bits per heavy atom. The lowest BCUT2D eigenvalue weighted by Crippen LogP contribution is -2.40. The molecule has 0 aromatic heterocycles. The van der Waals surface area contributed by atoms with Gasteiger partial charge in [0.25, 0.3) is 0 Å². The summed E-state index contributed by atoms with van der Waals surface area (Å²) in [7, 11) is 0. The number of fused-ring (bicyclic) bond motifs is 2. The standard InChI is InChI=1S/C32H38N2O4.C4H4O4/c35-30(21-33-12-10-26(11-13-33)28-9-8-25-4-1-2-5-27(25)19-28)23-37-31-7-3-6-29-18-24(22-38-32(29)31)20-34-14-16-36-17-15-34;5-3(6)1-2-4(7)8/h1-9,18-19,26,30,35H,10-17,20-23H2;1-2H,(H,5,6)(H,7,8). The van der Waals surface area contributed by atoms with Crippen molar-refractivity contribution >= 4 is 28.8 Å². The molecule has 46 heavy (non-hydrogen) atoms. The maximum absolute atomic E-state index is 10.8. The highest BCUT2D eigenvalue weighted by molar-refractivity contribution is 5.89. The van der Waals surface area contributed by atoms with Gasteiger partial charge in [-0.15, -0.1) is 0 Å². The fourth-order valence-corrected chi connectivity index (χ4v) is 6.07. The number of para-hydroxylation sites is 1. The lowest BCUT2D eigenvalue weighted by molar-refractivity contribution is -0.134. The first-order valence-corrected chi connectivity index (χ1v) is 15.8. The van der Waals surface area contributed by atoms with Gasteiger partial charge in [-0.1, -0.05) is 54.6 Å². The van der Waals surface area contributed by atoms with Crippen molar-refractivity contribution in [3.05, 3.63) is 89.5 Å². The highest BCUT2D eigenvalue weighted by Crippen LogP contribution is 2.36. The van der Waals surface area contributed by atoms with Gasteiger partial charge in [0.2, 0.25) is 0 Å². The number of aliphatic hydroxyl groups is 1. The molecule has 0 radical (unpaired) electrons. The molecule has 3 aliphatic heterocycles. The zero-order chi connectivity index (χ0) is 32.3. The van der Waals surface area contributed by atoms with Crippen molar-refractivity contribution in [2.75, 3.05) is 65.7 Å². The average Bonchev–Trinajstić information content (AvgIpc) is 3.07. The van der Waals surface area contributed by atoms with Gasteiger partial charge in [0.1, 0.15) is 19.3 Å². The molecule has 0 aliphatic carbocycles. The van der Waals surface area contributed by atoms with Crippen molar-refractivity contribution in [2.45, 2.75) is 24.9 Å². The van der Waals surface area contributed by atoms with Gasteiger partial charge in [-0.2, -0.15) is 0 Å². The van der Waals surface area contributed by atoms with Crippen LogP contribution in [0.3, 0.4) is 0 Å². The third-order valence-corrected chi connectivity index (χ3v) is 8.40. The van der Waals surface area contributed by atoms with Gasteiger partial charge in [-0.25, -0.2) is 9.59 Å². The Bertz CT molecular complexity index is 1520. The lowest BCUT2D eigenvalue weighted by atomic mass is 9.88. The number of likely N-dealkylation sites (tertiary alicyclic amines) is 1. The number of carboxylic acids is 2. The fraction of sp³-hybridized carbons (Fsp3) is 0.389. The van der Waals surface area contributed by atoms with Gasteiger partial charge in [0, 0.05) is 43.9 Å². The SMILES string of the molecule is O=C(O)C=CC(=O)O.OC(COc1cccc2c1OCC(CN1CCOCC1)=C2)CN1CCC(c2ccc3ccccc3c2)CC1. The number of benzene rings is 3. The molecule has 1 atom stereocenters. The number of hydrogen-bond donors (Lipinski definition) is 3. The summed E-state index contributed by atoms with van der Waals surface area (Å²) in [6.07, 6.45) is 5.03. The Balaban J connectivity index is 0.000000463. The number of carbonyl (C=O) groups is 2. The Morgan fingerprint density at radius 2 is 1.61 bits per heavy atom. The number of morpholine rings is 1. The minimum absolute atomic E-state index is 0.259. The highest BCUT2D eigenvalue weighted by Gasteiger charge is 2.24. The van der Waals surface area contributed by atoms with Crippen molar-refractivity contribution in [3.8, 4) is 11.5 Å². The molecule has 10 nitrogen and oxygen atoms in total. The van der Waals surface area contributed by atoms with E-state index in [1.807, 2.05) is 12.1 Å². The van der Waals surface area contributed by atoms with E-state index in [-0.39, 0.29) is 6.61 Å². The Morgan fingerprint density at radius 1 is 0.891 bits per heavy atom. The van der Waals surface area contributed by atoms with Gasteiger partial charge in [0.05, 0.1) is 13.2 Å².